The molecule has 1 fully saturated rings. The highest BCUT2D eigenvalue weighted by molar-refractivity contribution is 8.18. The molecule has 5 rings (SSSR count). The highest BCUT2D eigenvalue weighted by atomic mass is 35.5. The van der Waals surface area contributed by atoms with Crippen molar-refractivity contribution in [2.24, 2.45) is 4.99 Å². The van der Waals surface area contributed by atoms with Crippen molar-refractivity contribution in [3.8, 4) is 17.2 Å². The lowest BCUT2D eigenvalue weighted by molar-refractivity contribution is -0.115. The van der Waals surface area contributed by atoms with E-state index in [9.17, 15) is 4.79 Å². The van der Waals surface area contributed by atoms with Crippen LogP contribution >= 0.6 is 23.4 Å². The van der Waals surface area contributed by atoms with E-state index in [2.05, 4.69) is 10.3 Å². The van der Waals surface area contributed by atoms with Gasteiger partial charge in [0.1, 0.15) is 19.0 Å². The number of carbonyl (C=O) groups excluding carboxylic acids is 1. The van der Waals surface area contributed by atoms with E-state index in [1.165, 1.54) is 11.8 Å². The molecule has 0 atom stereocenters. The number of nitrogens with zero attached hydrogens (tertiary/aromatic N) is 1. The van der Waals surface area contributed by atoms with Gasteiger partial charge in [0.15, 0.2) is 16.7 Å². The van der Waals surface area contributed by atoms with Crippen molar-refractivity contribution in [2.45, 2.75) is 20.1 Å². The molecule has 0 radical (unpaired) electrons. The van der Waals surface area contributed by atoms with Gasteiger partial charge in [-0.2, -0.15) is 0 Å². The summed E-state index contributed by atoms with van der Waals surface area (Å²) in [4.78, 5) is 17.5. The monoisotopic (exact) mass is 570 g/mol. The smallest absolute Gasteiger partial charge is 0.264 e. The SMILES string of the molecule is CCOc1cc(COc2ccc(/C=C3/SC(=Nc4ccc(Cl)cc4)NC3=O)cc2)ccc1OCc1ccccc1. The fraction of sp³-hybridized carbons (Fsp3) is 0.125. The van der Waals surface area contributed by atoms with E-state index >= 15 is 0 Å². The molecule has 8 heteroatoms. The largest absolute Gasteiger partial charge is 0.490 e. The van der Waals surface area contributed by atoms with Gasteiger partial charge < -0.3 is 19.5 Å². The molecule has 1 amide bonds. The molecule has 0 unspecified atom stereocenters. The first kappa shape index (κ1) is 27.4. The zero-order valence-electron chi connectivity index (χ0n) is 21.8. The van der Waals surface area contributed by atoms with E-state index in [1.807, 2.05) is 85.8 Å². The van der Waals surface area contributed by atoms with Crippen molar-refractivity contribution in [1.29, 1.82) is 0 Å². The molecule has 1 saturated heterocycles. The lowest BCUT2D eigenvalue weighted by Crippen LogP contribution is -2.19. The van der Waals surface area contributed by atoms with Crippen molar-refractivity contribution in [1.82, 2.24) is 5.32 Å². The molecule has 0 aromatic heterocycles. The summed E-state index contributed by atoms with van der Waals surface area (Å²) in [5.74, 6) is 1.92. The molecule has 0 aliphatic carbocycles. The Morgan fingerprint density at radius 1 is 0.825 bits per heavy atom. The molecule has 4 aromatic rings. The van der Waals surface area contributed by atoms with Gasteiger partial charge in [0.2, 0.25) is 0 Å². The second kappa shape index (κ2) is 13.2. The second-order valence-electron chi connectivity index (χ2n) is 8.80. The van der Waals surface area contributed by atoms with Crippen LogP contribution in [0.15, 0.2) is 107 Å². The molecule has 1 aliphatic rings. The molecule has 1 heterocycles. The van der Waals surface area contributed by atoms with Crippen molar-refractivity contribution >= 4 is 46.2 Å². The van der Waals surface area contributed by atoms with Crippen molar-refractivity contribution in [2.75, 3.05) is 6.61 Å². The van der Waals surface area contributed by atoms with Gasteiger partial charge in [-0.1, -0.05) is 60.1 Å². The number of nitrogens with one attached hydrogen (secondary N) is 1. The fourth-order valence-corrected chi connectivity index (χ4v) is 4.82. The van der Waals surface area contributed by atoms with Crippen LogP contribution in [0.4, 0.5) is 5.69 Å². The summed E-state index contributed by atoms with van der Waals surface area (Å²) in [6.07, 6.45) is 1.83. The van der Waals surface area contributed by atoms with Gasteiger partial charge in [-0.15, -0.1) is 0 Å². The Bertz CT molecular complexity index is 1520. The minimum Gasteiger partial charge on any atom is -0.490 e. The number of amidine groups is 1. The fourth-order valence-electron chi connectivity index (χ4n) is 3.86. The number of hydrogen-bond acceptors (Lipinski definition) is 6. The number of hydrogen-bond donors (Lipinski definition) is 1. The number of aliphatic imine (C=N–C) groups is 1. The van der Waals surface area contributed by atoms with Gasteiger partial charge in [-0.3, -0.25) is 4.79 Å². The summed E-state index contributed by atoms with van der Waals surface area (Å²) >= 11 is 7.22. The third-order valence-electron chi connectivity index (χ3n) is 5.84. The van der Waals surface area contributed by atoms with Crippen LogP contribution in [-0.4, -0.2) is 17.7 Å². The minimum atomic E-state index is -0.181. The van der Waals surface area contributed by atoms with Crippen LogP contribution in [0.1, 0.15) is 23.6 Å². The quantitative estimate of drug-likeness (QED) is 0.197. The Balaban J connectivity index is 1.18. The number of halogens is 1. The first-order chi connectivity index (χ1) is 19.6. The van der Waals surface area contributed by atoms with E-state index < -0.39 is 0 Å². The predicted octanol–water partition coefficient (Wildman–Crippen LogP) is 7.79. The lowest BCUT2D eigenvalue weighted by Gasteiger charge is -2.14. The normalized spacial score (nSPS) is 14.8. The zero-order chi connectivity index (χ0) is 27.7. The number of carbonyl (C=O) groups is 1. The first-order valence-corrected chi connectivity index (χ1v) is 14.0. The van der Waals surface area contributed by atoms with E-state index in [0.717, 1.165) is 28.1 Å². The molecular weight excluding hydrogens is 544 g/mol. The van der Waals surface area contributed by atoms with Gasteiger partial charge in [0.25, 0.3) is 5.91 Å². The van der Waals surface area contributed by atoms with Gasteiger partial charge in [0, 0.05) is 5.02 Å². The highest BCUT2D eigenvalue weighted by Gasteiger charge is 2.23. The minimum absolute atomic E-state index is 0.181. The highest BCUT2D eigenvalue weighted by Crippen LogP contribution is 2.31. The molecule has 0 spiro atoms. The van der Waals surface area contributed by atoms with Gasteiger partial charge in [-0.25, -0.2) is 4.99 Å². The molecule has 6 nitrogen and oxygen atoms in total. The Morgan fingerprint density at radius 2 is 1.57 bits per heavy atom. The van der Waals surface area contributed by atoms with Crippen LogP contribution in [0.2, 0.25) is 5.02 Å². The zero-order valence-corrected chi connectivity index (χ0v) is 23.4. The van der Waals surface area contributed by atoms with Crippen LogP contribution in [-0.2, 0) is 18.0 Å². The van der Waals surface area contributed by atoms with Crippen molar-refractivity contribution in [3.63, 3.8) is 0 Å². The van der Waals surface area contributed by atoms with Crippen molar-refractivity contribution in [3.05, 3.63) is 124 Å². The lowest BCUT2D eigenvalue weighted by atomic mass is 10.2. The summed E-state index contributed by atoms with van der Waals surface area (Å²) in [5.41, 5.74) is 3.66. The number of ether oxygens (including phenoxy) is 3. The summed E-state index contributed by atoms with van der Waals surface area (Å²) < 4.78 is 17.8. The third-order valence-corrected chi connectivity index (χ3v) is 7.00. The first-order valence-electron chi connectivity index (χ1n) is 12.8. The van der Waals surface area contributed by atoms with Crippen LogP contribution < -0.4 is 19.5 Å². The molecule has 1 N–H and O–H groups in total. The number of benzene rings is 4. The summed E-state index contributed by atoms with van der Waals surface area (Å²) in [6, 6.07) is 30.6. The molecule has 1 aliphatic heterocycles. The maximum Gasteiger partial charge on any atom is 0.264 e. The summed E-state index contributed by atoms with van der Waals surface area (Å²) in [5, 5.41) is 3.97. The maximum atomic E-state index is 12.4. The van der Waals surface area contributed by atoms with E-state index in [0.29, 0.717) is 46.4 Å². The maximum absolute atomic E-state index is 12.4. The van der Waals surface area contributed by atoms with Gasteiger partial charge in [0.05, 0.1) is 17.2 Å². The topological polar surface area (TPSA) is 69.2 Å². The number of rotatable bonds is 10. The molecule has 0 saturated carbocycles. The van der Waals surface area contributed by atoms with Gasteiger partial charge in [-0.05, 0) is 90.0 Å². The Morgan fingerprint density at radius 3 is 2.33 bits per heavy atom. The van der Waals surface area contributed by atoms with E-state index in [4.69, 9.17) is 25.8 Å². The van der Waals surface area contributed by atoms with Crippen molar-refractivity contribution < 1.29 is 19.0 Å². The number of amides is 1. The number of thioether (sulfide) groups is 1. The van der Waals surface area contributed by atoms with Crippen LogP contribution in [0, 0.1) is 0 Å². The molecule has 40 heavy (non-hydrogen) atoms. The molecular formula is C32H27ClN2O4S. The Labute approximate surface area is 242 Å². The van der Waals surface area contributed by atoms with Crippen LogP contribution in [0.5, 0.6) is 17.2 Å². The van der Waals surface area contributed by atoms with Crippen LogP contribution in [0.25, 0.3) is 6.08 Å². The predicted molar refractivity (Wildman–Crippen MR) is 161 cm³/mol. The third kappa shape index (κ3) is 7.46. The summed E-state index contributed by atoms with van der Waals surface area (Å²) in [7, 11) is 0. The standard InChI is InChI=1S/C32H27ClN2O4S/c1-2-37-29-18-24(10-17-28(29)39-20-23-6-4-3-5-7-23)21-38-27-15-8-22(9-16-27)19-30-31(36)35-32(40-30)34-26-13-11-25(33)12-14-26/h3-19H,2,20-21H2,1H3,(H,34,35,36)/b30-19+. The van der Waals surface area contributed by atoms with E-state index in [1.54, 1.807) is 24.3 Å². The average molecular weight is 571 g/mol. The molecule has 202 valence electrons. The average Bonchev–Trinajstić information content (AvgIpc) is 3.32. The van der Waals surface area contributed by atoms with E-state index in [-0.39, 0.29) is 5.91 Å². The Hall–Kier alpha value is -4.20. The Kier molecular flexibility index (Phi) is 9.06. The summed E-state index contributed by atoms with van der Waals surface area (Å²) in [6.45, 7) is 3.33. The van der Waals surface area contributed by atoms with Crippen LogP contribution in [0.3, 0.4) is 0 Å². The second-order valence-corrected chi connectivity index (χ2v) is 10.3. The molecule has 0 bridgehead atoms. The molecule has 4 aromatic carbocycles. The van der Waals surface area contributed by atoms with Gasteiger partial charge >= 0.3 is 0 Å².